The van der Waals surface area contributed by atoms with Crippen LogP contribution < -0.4 is 4.74 Å². The number of Topliss-reactive ketones (excluding diaryl/α,β-unsaturated/α-hetero) is 1. The molecule has 0 unspecified atom stereocenters. The molecule has 2 nitrogen and oxygen atoms in total. The lowest BCUT2D eigenvalue weighted by atomic mass is 10.1. The summed E-state index contributed by atoms with van der Waals surface area (Å²) in [5, 5.41) is 0.393. The SMILES string of the molecule is CCOc1ccc(I)cc1CC(=O)CBr. The van der Waals surface area contributed by atoms with E-state index in [1.54, 1.807) is 0 Å². The molecule has 0 amide bonds. The van der Waals surface area contributed by atoms with Gasteiger partial charge in [-0.3, -0.25) is 4.79 Å². The highest BCUT2D eigenvalue weighted by atomic mass is 127. The maximum atomic E-state index is 11.3. The van der Waals surface area contributed by atoms with E-state index < -0.39 is 0 Å². The van der Waals surface area contributed by atoms with Gasteiger partial charge in [-0.05, 0) is 47.7 Å². The topological polar surface area (TPSA) is 26.3 Å². The molecule has 15 heavy (non-hydrogen) atoms. The molecule has 0 atom stereocenters. The first-order valence-electron chi connectivity index (χ1n) is 4.66. The van der Waals surface area contributed by atoms with Crippen molar-refractivity contribution in [1.29, 1.82) is 0 Å². The average molecular weight is 383 g/mol. The smallest absolute Gasteiger partial charge is 0.147 e. The Morgan fingerprint density at radius 3 is 2.87 bits per heavy atom. The molecule has 0 bridgehead atoms. The Bertz CT molecular complexity index is 352. The molecule has 0 aliphatic rings. The van der Waals surface area contributed by atoms with Gasteiger partial charge in [-0.1, -0.05) is 15.9 Å². The Balaban J connectivity index is 2.91. The van der Waals surface area contributed by atoms with Gasteiger partial charge >= 0.3 is 0 Å². The molecule has 0 aromatic heterocycles. The normalized spacial score (nSPS) is 10.1. The van der Waals surface area contributed by atoms with Crippen molar-refractivity contribution in [2.75, 3.05) is 11.9 Å². The highest BCUT2D eigenvalue weighted by molar-refractivity contribution is 14.1. The van der Waals surface area contributed by atoms with Crippen LogP contribution in [0.25, 0.3) is 0 Å². The molecule has 0 saturated heterocycles. The molecule has 1 aromatic rings. The van der Waals surface area contributed by atoms with Crippen molar-refractivity contribution in [3.8, 4) is 5.75 Å². The number of carbonyl (C=O) groups is 1. The molecule has 0 heterocycles. The van der Waals surface area contributed by atoms with E-state index in [1.165, 1.54) is 0 Å². The first kappa shape index (κ1) is 13.0. The summed E-state index contributed by atoms with van der Waals surface area (Å²) in [4.78, 5) is 11.3. The number of carbonyl (C=O) groups excluding carboxylic acids is 1. The number of ether oxygens (including phenoxy) is 1. The third-order valence-electron chi connectivity index (χ3n) is 1.86. The molecule has 0 N–H and O–H groups in total. The van der Waals surface area contributed by atoms with Gasteiger partial charge in [-0.15, -0.1) is 0 Å². The van der Waals surface area contributed by atoms with Crippen LogP contribution in [0.2, 0.25) is 0 Å². The zero-order valence-electron chi connectivity index (χ0n) is 8.43. The summed E-state index contributed by atoms with van der Waals surface area (Å²) in [5.41, 5.74) is 0.966. The van der Waals surface area contributed by atoms with Crippen LogP contribution in [-0.4, -0.2) is 17.7 Å². The Labute approximate surface area is 112 Å². The van der Waals surface area contributed by atoms with E-state index in [9.17, 15) is 4.79 Å². The van der Waals surface area contributed by atoms with Crippen LogP contribution in [0, 0.1) is 3.57 Å². The fourth-order valence-corrected chi connectivity index (χ4v) is 2.00. The molecule has 1 rings (SSSR count). The van der Waals surface area contributed by atoms with Crippen LogP contribution >= 0.6 is 38.5 Å². The van der Waals surface area contributed by atoms with Crippen molar-refractivity contribution < 1.29 is 9.53 Å². The third-order valence-corrected chi connectivity index (χ3v) is 3.16. The largest absolute Gasteiger partial charge is 0.494 e. The van der Waals surface area contributed by atoms with Crippen molar-refractivity contribution >= 4 is 44.3 Å². The Morgan fingerprint density at radius 1 is 1.53 bits per heavy atom. The molecule has 0 spiro atoms. The Morgan fingerprint density at radius 2 is 2.27 bits per heavy atom. The van der Waals surface area contributed by atoms with Crippen molar-refractivity contribution in [2.45, 2.75) is 13.3 Å². The van der Waals surface area contributed by atoms with Crippen LogP contribution in [0.15, 0.2) is 18.2 Å². The van der Waals surface area contributed by atoms with E-state index in [1.807, 2.05) is 25.1 Å². The van der Waals surface area contributed by atoms with E-state index in [2.05, 4.69) is 38.5 Å². The fraction of sp³-hybridized carbons (Fsp3) is 0.364. The molecular weight excluding hydrogens is 371 g/mol. The number of rotatable bonds is 5. The lowest BCUT2D eigenvalue weighted by molar-refractivity contribution is -0.115. The number of benzene rings is 1. The van der Waals surface area contributed by atoms with Gasteiger partial charge in [0, 0.05) is 15.6 Å². The number of hydrogen-bond acceptors (Lipinski definition) is 2. The predicted octanol–water partition coefficient (Wildman–Crippen LogP) is 3.20. The minimum absolute atomic E-state index is 0.165. The van der Waals surface area contributed by atoms with Gasteiger partial charge in [-0.25, -0.2) is 0 Å². The summed E-state index contributed by atoms with van der Waals surface area (Å²) in [6.07, 6.45) is 0.428. The Hall–Kier alpha value is -0.100. The number of ketones is 1. The van der Waals surface area contributed by atoms with Gasteiger partial charge in [0.15, 0.2) is 0 Å². The quantitative estimate of drug-likeness (QED) is 0.577. The van der Waals surface area contributed by atoms with Gasteiger partial charge in [0.1, 0.15) is 11.5 Å². The lowest BCUT2D eigenvalue weighted by Gasteiger charge is -2.09. The maximum absolute atomic E-state index is 11.3. The van der Waals surface area contributed by atoms with Gasteiger partial charge in [0.05, 0.1) is 11.9 Å². The second-order valence-corrected chi connectivity index (χ2v) is 4.84. The standard InChI is InChI=1S/C11H12BrIO2/c1-2-15-11-4-3-9(13)5-8(11)6-10(14)7-12/h3-5H,2,6-7H2,1H3. The molecular formula is C11H12BrIO2. The van der Waals surface area contributed by atoms with E-state index in [4.69, 9.17) is 4.74 Å². The summed E-state index contributed by atoms with van der Waals surface area (Å²) in [7, 11) is 0. The lowest BCUT2D eigenvalue weighted by Crippen LogP contribution is -2.06. The zero-order valence-corrected chi connectivity index (χ0v) is 12.2. The molecule has 4 heteroatoms. The average Bonchev–Trinajstić information content (AvgIpc) is 2.22. The summed E-state index contributed by atoms with van der Waals surface area (Å²) in [6.45, 7) is 2.56. The van der Waals surface area contributed by atoms with E-state index >= 15 is 0 Å². The zero-order chi connectivity index (χ0) is 11.3. The summed E-state index contributed by atoms with van der Waals surface area (Å²) in [5.74, 6) is 0.977. The van der Waals surface area contributed by atoms with Crippen molar-refractivity contribution in [1.82, 2.24) is 0 Å². The van der Waals surface area contributed by atoms with Crippen LogP contribution in [0.1, 0.15) is 12.5 Å². The second kappa shape index (κ2) is 6.48. The molecule has 0 aliphatic heterocycles. The van der Waals surface area contributed by atoms with Crippen molar-refractivity contribution in [3.05, 3.63) is 27.3 Å². The van der Waals surface area contributed by atoms with Gasteiger partial charge < -0.3 is 4.74 Å². The van der Waals surface area contributed by atoms with Crippen LogP contribution in [0.5, 0.6) is 5.75 Å². The van der Waals surface area contributed by atoms with Crippen LogP contribution in [0.3, 0.4) is 0 Å². The highest BCUT2D eigenvalue weighted by Crippen LogP contribution is 2.22. The first-order valence-corrected chi connectivity index (χ1v) is 6.86. The monoisotopic (exact) mass is 382 g/mol. The summed E-state index contributed by atoms with van der Waals surface area (Å²) in [6, 6.07) is 5.89. The highest BCUT2D eigenvalue weighted by Gasteiger charge is 2.08. The van der Waals surface area contributed by atoms with Gasteiger partial charge in [0.2, 0.25) is 0 Å². The fourth-order valence-electron chi connectivity index (χ4n) is 1.24. The number of alkyl halides is 1. The molecule has 0 fully saturated rings. The van der Waals surface area contributed by atoms with Crippen molar-refractivity contribution in [3.63, 3.8) is 0 Å². The Kier molecular flexibility index (Phi) is 5.60. The molecule has 0 aliphatic carbocycles. The van der Waals surface area contributed by atoms with Crippen LogP contribution in [-0.2, 0) is 11.2 Å². The number of hydrogen-bond donors (Lipinski definition) is 0. The molecule has 1 aromatic carbocycles. The second-order valence-electron chi connectivity index (χ2n) is 3.03. The van der Waals surface area contributed by atoms with E-state index in [0.717, 1.165) is 14.9 Å². The predicted molar refractivity (Wildman–Crippen MR) is 72.8 cm³/mol. The van der Waals surface area contributed by atoms with Crippen LogP contribution in [0.4, 0.5) is 0 Å². The van der Waals surface area contributed by atoms with Gasteiger partial charge in [0.25, 0.3) is 0 Å². The summed E-state index contributed by atoms with van der Waals surface area (Å²) >= 11 is 5.39. The molecule has 0 radical (unpaired) electrons. The van der Waals surface area contributed by atoms with E-state index in [-0.39, 0.29) is 5.78 Å². The molecule has 0 saturated carbocycles. The number of halogens is 2. The van der Waals surface area contributed by atoms with E-state index in [0.29, 0.717) is 18.4 Å². The minimum atomic E-state index is 0.165. The summed E-state index contributed by atoms with van der Waals surface area (Å²) < 4.78 is 6.59. The van der Waals surface area contributed by atoms with Crippen molar-refractivity contribution in [2.24, 2.45) is 0 Å². The van der Waals surface area contributed by atoms with Gasteiger partial charge in [-0.2, -0.15) is 0 Å². The molecule has 82 valence electrons. The maximum Gasteiger partial charge on any atom is 0.147 e. The third kappa shape index (κ3) is 4.10. The first-order chi connectivity index (χ1) is 7.17. The minimum Gasteiger partial charge on any atom is -0.494 e.